The molecule has 0 aromatic carbocycles. The van der Waals surface area contributed by atoms with E-state index in [1.165, 1.54) is 295 Å². The second kappa shape index (κ2) is 61.1. The first kappa shape index (κ1) is 69.6. The highest BCUT2D eigenvalue weighted by atomic mass is 16.5. The van der Waals surface area contributed by atoms with Crippen molar-refractivity contribution >= 4 is 11.9 Å². The molecule has 0 heterocycles. The second-order valence-electron chi connectivity index (χ2n) is 22.5. The van der Waals surface area contributed by atoms with Crippen LogP contribution in [0.5, 0.6) is 0 Å². The van der Waals surface area contributed by atoms with Crippen molar-refractivity contribution in [2.75, 3.05) is 13.2 Å². The number of unbranched alkanes of at least 4 members (excludes halogenated alkanes) is 48. The quantitative estimate of drug-likeness (QED) is 0.0320. The summed E-state index contributed by atoms with van der Waals surface area (Å²) in [6.45, 7) is 4.96. The van der Waals surface area contributed by atoms with Crippen LogP contribution in [0.2, 0.25) is 0 Å². The molecular formula is C65H127NO5. The minimum Gasteiger partial charge on any atom is -0.466 e. The van der Waals surface area contributed by atoms with Gasteiger partial charge < -0.3 is 20.3 Å². The van der Waals surface area contributed by atoms with E-state index < -0.39 is 12.1 Å². The Labute approximate surface area is 444 Å². The van der Waals surface area contributed by atoms with Gasteiger partial charge in [0.25, 0.3) is 0 Å². The Morgan fingerprint density at radius 2 is 0.662 bits per heavy atom. The molecule has 6 heteroatoms. The van der Waals surface area contributed by atoms with E-state index in [0.717, 1.165) is 38.5 Å². The number of ether oxygens (including phenoxy) is 1. The van der Waals surface area contributed by atoms with Crippen molar-refractivity contribution in [2.24, 2.45) is 0 Å². The fourth-order valence-electron chi connectivity index (χ4n) is 10.3. The Kier molecular flexibility index (Phi) is 59.9. The normalized spacial score (nSPS) is 12.6. The lowest BCUT2D eigenvalue weighted by atomic mass is 10.0. The van der Waals surface area contributed by atoms with E-state index in [-0.39, 0.29) is 18.5 Å². The molecule has 422 valence electrons. The smallest absolute Gasteiger partial charge is 0.305 e. The van der Waals surface area contributed by atoms with Crippen LogP contribution in [0.25, 0.3) is 0 Å². The molecule has 0 fully saturated rings. The van der Waals surface area contributed by atoms with E-state index in [2.05, 4.69) is 31.3 Å². The number of carbonyl (C=O) groups excluding carboxylic acids is 2. The van der Waals surface area contributed by atoms with Crippen LogP contribution in [0.3, 0.4) is 0 Å². The first-order valence-corrected chi connectivity index (χ1v) is 32.4. The molecule has 0 aromatic rings. The summed E-state index contributed by atoms with van der Waals surface area (Å²) in [7, 11) is 0. The summed E-state index contributed by atoms with van der Waals surface area (Å²) < 4.78 is 5.49. The Hall–Kier alpha value is -1.40. The van der Waals surface area contributed by atoms with Gasteiger partial charge in [-0.05, 0) is 51.4 Å². The van der Waals surface area contributed by atoms with Crippen LogP contribution in [0.1, 0.15) is 367 Å². The highest BCUT2D eigenvalue weighted by Gasteiger charge is 2.20. The number of amides is 1. The topological polar surface area (TPSA) is 95.9 Å². The van der Waals surface area contributed by atoms with Crippen LogP contribution in [-0.2, 0) is 14.3 Å². The van der Waals surface area contributed by atoms with Gasteiger partial charge >= 0.3 is 5.97 Å². The molecule has 0 saturated carbocycles. The van der Waals surface area contributed by atoms with Gasteiger partial charge in [-0.15, -0.1) is 0 Å². The third-order valence-corrected chi connectivity index (χ3v) is 15.3. The van der Waals surface area contributed by atoms with Crippen LogP contribution >= 0.6 is 0 Å². The van der Waals surface area contributed by atoms with E-state index >= 15 is 0 Å². The predicted molar refractivity (Wildman–Crippen MR) is 310 cm³/mol. The predicted octanol–water partition coefficient (Wildman–Crippen LogP) is 20.4. The Bertz CT molecular complexity index is 1060. The van der Waals surface area contributed by atoms with Crippen molar-refractivity contribution in [3.63, 3.8) is 0 Å². The van der Waals surface area contributed by atoms with Crippen molar-refractivity contribution in [3.05, 3.63) is 12.2 Å². The molecule has 3 N–H and O–H groups in total. The molecule has 0 saturated heterocycles. The third-order valence-electron chi connectivity index (χ3n) is 15.3. The number of rotatable bonds is 61. The molecule has 6 nitrogen and oxygen atoms in total. The van der Waals surface area contributed by atoms with Crippen LogP contribution < -0.4 is 5.32 Å². The zero-order valence-electron chi connectivity index (χ0n) is 48.2. The van der Waals surface area contributed by atoms with Gasteiger partial charge in [0.1, 0.15) is 0 Å². The van der Waals surface area contributed by atoms with Crippen molar-refractivity contribution in [2.45, 2.75) is 379 Å². The van der Waals surface area contributed by atoms with Crippen molar-refractivity contribution in [1.82, 2.24) is 5.32 Å². The number of hydrogen-bond donors (Lipinski definition) is 3. The number of carbonyl (C=O) groups is 2. The molecule has 0 aromatic heterocycles. The Morgan fingerprint density at radius 3 is 1.00 bits per heavy atom. The Balaban J connectivity index is 3.31. The van der Waals surface area contributed by atoms with Crippen LogP contribution in [0.15, 0.2) is 12.2 Å². The zero-order valence-corrected chi connectivity index (χ0v) is 48.2. The molecule has 71 heavy (non-hydrogen) atoms. The third kappa shape index (κ3) is 57.7. The molecule has 0 spiro atoms. The summed E-state index contributed by atoms with van der Waals surface area (Å²) in [4.78, 5) is 24.5. The van der Waals surface area contributed by atoms with Gasteiger partial charge in [-0.25, -0.2) is 0 Å². The standard InChI is InChI=1S/C65H127NO5/c1-3-5-7-9-11-13-14-15-36-39-43-47-51-55-59-65(70)71-60-56-52-48-44-40-37-34-32-30-28-26-24-22-20-18-16-17-19-21-23-25-27-29-31-33-35-38-42-46-50-54-58-64(69)66-62(61-67)63(68)57-53-49-45-41-12-10-8-6-4-2/h18,20,62-63,67-68H,3-17,19,21-61H2,1-2H3,(H,66,69)/b20-18-. The van der Waals surface area contributed by atoms with Gasteiger partial charge in [0.15, 0.2) is 0 Å². The van der Waals surface area contributed by atoms with Crippen molar-refractivity contribution < 1.29 is 24.5 Å². The molecule has 0 aliphatic carbocycles. The molecule has 0 bridgehead atoms. The molecule has 2 atom stereocenters. The van der Waals surface area contributed by atoms with Gasteiger partial charge in [-0.2, -0.15) is 0 Å². The SMILES string of the molecule is CCCCCCCCCCCCCCCCC(=O)OCCCCCCCCCCCCCC/C=C\CCCCCCCCCCCCCCCCCC(=O)NC(CO)C(O)CCCCCCCCCCC. The lowest BCUT2D eigenvalue weighted by Gasteiger charge is -2.22. The Morgan fingerprint density at radius 1 is 0.380 bits per heavy atom. The highest BCUT2D eigenvalue weighted by Crippen LogP contribution is 2.18. The lowest BCUT2D eigenvalue weighted by molar-refractivity contribution is -0.143. The van der Waals surface area contributed by atoms with Crippen LogP contribution in [0.4, 0.5) is 0 Å². The van der Waals surface area contributed by atoms with Gasteiger partial charge in [-0.3, -0.25) is 9.59 Å². The molecule has 0 rings (SSSR count). The number of aliphatic hydroxyl groups is 2. The van der Waals surface area contributed by atoms with Crippen LogP contribution in [0, 0.1) is 0 Å². The van der Waals surface area contributed by atoms with E-state index in [9.17, 15) is 19.8 Å². The van der Waals surface area contributed by atoms with E-state index in [1.54, 1.807) is 0 Å². The van der Waals surface area contributed by atoms with Crippen molar-refractivity contribution in [3.8, 4) is 0 Å². The maximum Gasteiger partial charge on any atom is 0.305 e. The molecule has 0 radical (unpaired) electrons. The average Bonchev–Trinajstić information content (AvgIpc) is 3.37. The van der Waals surface area contributed by atoms with E-state index in [4.69, 9.17) is 4.74 Å². The number of esters is 1. The molecule has 0 aliphatic heterocycles. The summed E-state index contributed by atoms with van der Waals surface area (Å²) in [5, 5.41) is 23.1. The summed E-state index contributed by atoms with van der Waals surface area (Å²) in [5.41, 5.74) is 0. The maximum atomic E-state index is 12.4. The lowest BCUT2D eigenvalue weighted by Crippen LogP contribution is -2.45. The van der Waals surface area contributed by atoms with Gasteiger partial charge in [0.2, 0.25) is 5.91 Å². The maximum absolute atomic E-state index is 12.4. The van der Waals surface area contributed by atoms with Gasteiger partial charge in [0, 0.05) is 12.8 Å². The number of hydrogen-bond acceptors (Lipinski definition) is 5. The monoisotopic (exact) mass is 1000 g/mol. The minimum atomic E-state index is -0.659. The van der Waals surface area contributed by atoms with E-state index in [0.29, 0.717) is 25.9 Å². The first-order chi connectivity index (χ1) is 35.0. The number of nitrogens with one attached hydrogen (secondary N) is 1. The van der Waals surface area contributed by atoms with Crippen molar-refractivity contribution in [1.29, 1.82) is 0 Å². The van der Waals surface area contributed by atoms with Gasteiger partial charge in [-0.1, -0.05) is 315 Å². The first-order valence-electron chi connectivity index (χ1n) is 32.4. The summed E-state index contributed by atoms with van der Waals surface area (Å²) >= 11 is 0. The number of allylic oxidation sites excluding steroid dienone is 2. The molecule has 2 unspecified atom stereocenters. The molecular weight excluding hydrogens is 875 g/mol. The second-order valence-corrected chi connectivity index (χ2v) is 22.5. The average molecular weight is 1000 g/mol. The van der Waals surface area contributed by atoms with E-state index in [1.807, 2.05) is 0 Å². The van der Waals surface area contributed by atoms with Gasteiger partial charge in [0.05, 0.1) is 25.4 Å². The molecule has 1 amide bonds. The summed E-state index contributed by atoms with van der Waals surface area (Å²) in [6, 6.07) is -0.537. The fraction of sp³-hybridized carbons (Fsp3) is 0.938. The molecule has 0 aliphatic rings. The summed E-state index contributed by atoms with van der Waals surface area (Å²) in [6.07, 6.45) is 74.0. The number of aliphatic hydroxyl groups excluding tert-OH is 2. The fourth-order valence-corrected chi connectivity index (χ4v) is 10.3. The summed E-state index contributed by atoms with van der Waals surface area (Å²) in [5.74, 6) is -0.0132. The largest absolute Gasteiger partial charge is 0.466 e. The zero-order chi connectivity index (χ0) is 51.4. The minimum absolute atomic E-state index is 0.0204. The van der Waals surface area contributed by atoms with Crippen LogP contribution in [-0.4, -0.2) is 47.4 Å². The highest BCUT2D eigenvalue weighted by molar-refractivity contribution is 5.76.